The molecule has 0 aliphatic heterocycles. The molecule has 0 saturated carbocycles. The molecule has 1 atom stereocenters. The Morgan fingerprint density at radius 2 is 0.707 bits per heavy atom. The molecular weight excluding hydrogens is 721 g/mol. The fraction of sp³-hybridized carbons (Fsp3) is 0.635. The lowest BCUT2D eigenvalue weighted by Gasteiger charge is -2.18. The summed E-state index contributed by atoms with van der Waals surface area (Å²) in [4.78, 5) is 37.7. The number of esters is 3. The van der Waals surface area contributed by atoms with Gasteiger partial charge in [0.05, 0.1) is 0 Å². The minimum absolute atomic E-state index is 0.116. The molecule has 0 spiro atoms. The van der Waals surface area contributed by atoms with Gasteiger partial charge in [-0.1, -0.05) is 189 Å². The summed E-state index contributed by atoms with van der Waals surface area (Å²) in [5.41, 5.74) is 0. The smallest absolute Gasteiger partial charge is 0.306 e. The summed E-state index contributed by atoms with van der Waals surface area (Å²) >= 11 is 0. The van der Waals surface area contributed by atoms with E-state index in [4.69, 9.17) is 14.2 Å². The van der Waals surface area contributed by atoms with Crippen LogP contribution in [0.2, 0.25) is 0 Å². The second kappa shape index (κ2) is 46.0. The van der Waals surface area contributed by atoms with Crippen molar-refractivity contribution >= 4 is 17.9 Å². The van der Waals surface area contributed by atoms with E-state index in [1.165, 1.54) is 57.8 Å². The summed E-state index contributed by atoms with van der Waals surface area (Å²) in [5, 5.41) is 0. The van der Waals surface area contributed by atoms with Crippen molar-refractivity contribution in [3.63, 3.8) is 0 Å². The molecule has 328 valence electrons. The van der Waals surface area contributed by atoms with Gasteiger partial charge in [-0.25, -0.2) is 0 Å². The highest BCUT2D eigenvalue weighted by Gasteiger charge is 2.19. The first kappa shape index (κ1) is 54.3. The van der Waals surface area contributed by atoms with E-state index < -0.39 is 6.10 Å². The van der Waals surface area contributed by atoms with E-state index in [0.29, 0.717) is 19.3 Å². The third kappa shape index (κ3) is 43.5. The quantitative estimate of drug-likeness (QED) is 0.0266. The molecule has 0 fully saturated rings. The van der Waals surface area contributed by atoms with Crippen LogP contribution in [0.25, 0.3) is 0 Å². The van der Waals surface area contributed by atoms with Crippen LogP contribution < -0.4 is 0 Å². The Labute approximate surface area is 356 Å². The SMILES string of the molecule is CC/C=C\C/C=C\C/C=C\C/C=C\C/C=C\CCC(=O)OCC(COC(=O)CCCCCCCCCCCCCC)OC(=O)CCCC/C=C\C/C=C\C/C=C\CC. The highest BCUT2D eigenvalue weighted by atomic mass is 16.6. The molecule has 0 heterocycles. The summed E-state index contributed by atoms with van der Waals surface area (Å²) in [6.07, 6.45) is 59.8. The van der Waals surface area contributed by atoms with E-state index in [9.17, 15) is 14.4 Å². The van der Waals surface area contributed by atoms with Crippen LogP contribution in [0.15, 0.2) is 97.2 Å². The van der Waals surface area contributed by atoms with E-state index in [0.717, 1.165) is 83.5 Å². The monoisotopic (exact) mass is 805 g/mol. The lowest BCUT2D eigenvalue weighted by atomic mass is 10.0. The van der Waals surface area contributed by atoms with Gasteiger partial charge in [0.1, 0.15) is 13.2 Å². The summed E-state index contributed by atoms with van der Waals surface area (Å²) in [6.45, 7) is 6.28. The van der Waals surface area contributed by atoms with Crippen LogP contribution in [0.4, 0.5) is 0 Å². The van der Waals surface area contributed by atoms with Crippen molar-refractivity contribution in [2.75, 3.05) is 13.2 Å². The lowest BCUT2D eigenvalue weighted by molar-refractivity contribution is -0.166. The van der Waals surface area contributed by atoms with Gasteiger partial charge in [-0.2, -0.15) is 0 Å². The molecule has 0 N–H and O–H groups in total. The van der Waals surface area contributed by atoms with Crippen LogP contribution in [0.5, 0.6) is 0 Å². The van der Waals surface area contributed by atoms with E-state index in [-0.39, 0.29) is 44.0 Å². The molecule has 0 radical (unpaired) electrons. The number of ether oxygens (including phenoxy) is 3. The van der Waals surface area contributed by atoms with Gasteiger partial charge < -0.3 is 14.2 Å². The van der Waals surface area contributed by atoms with Crippen LogP contribution in [-0.4, -0.2) is 37.2 Å². The number of hydrogen-bond donors (Lipinski definition) is 0. The van der Waals surface area contributed by atoms with E-state index >= 15 is 0 Å². The van der Waals surface area contributed by atoms with Crippen molar-refractivity contribution in [2.24, 2.45) is 0 Å². The van der Waals surface area contributed by atoms with Crippen LogP contribution in [0, 0.1) is 0 Å². The number of allylic oxidation sites excluding steroid dienone is 16. The largest absolute Gasteiger partial charge is 0.462 e. The van der Waals surface area contributed by atoms with Crippen molar-refractivity contribution in [3.05, 3.63) is 97.2 Å². The zero-order valence-corrected chi connectivity index (χ0v) is 37.3. The Morgan fingerprint density at radius 1 is 0.362 bits per heavy atom. The average Bonchev–Trinajstić information content (AvgIpc) is 3.22. The topological polar surface area (TPSA) is 78.9 Å². The Hall–Kier alpha value is -3.67. The lowest BCUT2D eigenvalue weighted by Crippen LogP contribution is -2.30. The van der Waals surface area contributed by atoms with Gasteiger partial charge in [0.25, 0.3) is 0 Å². The third-order valence-corrected chi connectivity index (χ3v) is 9.35. The fourth-order valence-electron chi connectivity index (χ4n) is 5.92. The van der Waals surface area contributed by atoms with E-state index in [1.807, 2.05) is 12.2 Å². The first-order valence-corrected chi connectivity index (χ1v) is 23.2. The minimum Gasteiger partial charge on any atom is -0.462 e. The molecule has 58 heavy (non-hydrogen) atoms. The Balaban J connectivity index is 4.55. The summed E-state index contributed by atoms with van der Waals surface area (Å²) in [5.74, 6) is -1.05. The maximum absolute atomic E-state index is 12.7. The zero-order chi connectivity index (χ0) is 42.3. The van der Waals surface area contributed by atoms with E-state index in [2.05, 4.69) is 106 Å². The summed E-state index contributed by atoms with van der Waals surface area (Å²) < 4.78 is 16.6. The maximum Gasteiger partial charge on any atom is 0.306 e. The van der Waals surface area contributed by atoms with Gasteiger partial charge in [0.15, 0.2) is 6.10 Å². The molecule has 1 unspecified atom stereocenters. The van der Waals surface area contributed by atoms with E-state index in [1.54, 1.807) is 0 Å². The van der Waals surface area contributed by atoms with Gasteiger partial charge >= 0.3 is 17.9 Å². The van der Waals surface area contributed by atoms with Crippen molar-refractivity contribution in [2.45, 2.75) is 200 Å². The highest BCUT2D eigenvalue weighted by Crippen LogP contribution is 2.13. The molecule has 0 amide bonds. The second-order valence-corrected chi connectivity index (χ2v) is 14.9. The van der Waals surface area contributed by atoms with Crippen LogP contribution in [0.3, 0.4) is 0 Å². The molecule has 0 aromatic rings. The molecule has 6 heteroatoms. The number of hydrogen-bond acceptors (Lipinski definition) is 6. The van der Waals surface area contributed by atoms with Crippen molar-refractivity contribution < 1.29 is 28.6 Å². The van der Waals surface area contributed by atoms with Crippen LogP contribution in [0.1, 0.15) is 194 Å². The fourth-order valence-corrected chi connectivity index (χ4v) is 5.92. The molecule has 0 aromatic carbocycles. The first-order chi connectivity index (χ1) is 28.5. The van der Waals surface area contributed by atoms with Crippen molar-refractivity contribution in [1.29, 1.82) is 0 Å². The molecule has 0 aliphatic rings. The number of unbranched alkanes of at least 4 members (excludes halogenated alkanes) is 13. The van der Waals surface area contributed by atoms with Crippen LogP contribution in [-0.2, 0) is 28.6 Å². The average molecular weight is 805 g/mol. The van der Waals surface area contributed by atoms with Crippen molar-refractivity contribution in [3.8, 4) is 0 Å². The molecule has 0 saturated heterocycles. The summed E-state index contributed by atoms with van der Waals surface area (Å²) in [7, 11) is 0. The number of carbonyl (C=O) groups excluding carboxylic acids is 3. The van der Waals surface area contributed by atoms with Gasteiger partial charge in [0.2, 0.25) is 0 Å². The summed E-state index contributed by atoms with van der Waals surface area (Å²) in [6, 6.07) is 0. The van der Waals surface area contributed by atoms with Crippen molar-refractivity contribution in [1.82, 2.24) is 0 Å². The number of rotatable bonds is 40. The minimum atomic E-state index is -0.824. The molecule has 0 bridgehead atoms. The molecular formula is C52H84O6. The Bertz CT molecular complexity index is 1200. The van der Waals surface area contributed by atoms with Crippen LogP contribution >= 0.6 is 0 Å². The first-order valence-electron chi connectivity index (χ1n) is 23.2. The number of carbonyl (C=O) groups is 3. The third-order valence-electron chi connectivity index (χ3n) is 9.35. The van der Waals surface area contributed by atoms with Gasteiger partial charge in [-0.3, -0.25) is 14.4 Å². The normalized spacial score (nSPS) is 12.9. The van der Waals surface area contributed by atoms with Gasteiger partial charge in [-0.15, -0.1) is 0 Å². The second-order valence-electron chi connectivity index (χ2n) is 14.9. The molecule has 0 aliphatic carbocycles. The maximum atomic E-state index is 12.7. The highest BCUT2D eigenvalue weighted by molar-refractivity contribution is 5.71. The Morgan fingerprint density at radius 3 is 1.16 bits per heavy atom. The molecule has 0 rings (SSSR count). The molecule has 0 aromatic heterocycles. The predicted octanol–water partition coefficient (Wildman–Crippen LogP) is 15.0. The standard InChI is InChI=1S/C52H84O6/c1-4-7-10-13-16-19-22-25-26-27-28-31-33-36-39-42-45-51(54)57-48-49(58-52(55)46-43-40-37-34-30-24-21-18-15-12-9-6-3)47-56-50(53)44-41-38-35-32-29-23-20-17-14-11-8-5-2/h7,9-10,12,16,18-19,21,25-26,28,30-31,34,36,39,49H,4-6,8,11,13-15,17,20,22-24,27,29,32-33,35,37-38,40-48H2,1-3H3/b10-7-,12-9-,19-16-,21-18-,26-25-,31-28-,34-30-,39-36-. The Kier molecular flexibility index (Phi) is 43.1. The predicted molar refractivity (Wildman–Crippen MR) is 247 cm³/mol. The zero-order valence-electron chi connectivity index (χ0n) is 37.3. The molecule has 6 nitrogen and oxygen atoms in total. The van der Waals surface area contributed by atoms with Gasteiger partial charge in [0, 0.05) is 19.3 Å². The van der Waals surface area contributed by atoms with Gasteiger partial charge in [-0.05, 0) is 83.5 Å².